The van der Waals surface area contributed by atoms with Gasteiger partial charge in [0.25, 0.3) is 5.91 Å². The number of carbonyl (C=O) groups excluding carboxylic acids is 3. The average Bonchev–Trinajstić information content (AvgIpc) is 3.20. The molecule has 3 rings (SSSR count). The van der Waals surface area contributed by atoms with Gasteiger partial charge >= 0.3 is 0 Å². The van der Waals surface area contributed by atoms with E-state index in [0.29, 0.717) is 24.8 Å². The second-order valence-electron chi connectivity index (χ2n) is 7.34. The maximum absolute atomic E-state index is 12.9. The number of nitrogens with zero attached hydrogens (tertiary/aromatic N) is 2. The molecule has 0 saturated carbocycles. The van der Waals surface area contributed by atoms with Crippen LogP contribution in [0, 0.1) is 0 Å². The molecule has 2 aliphatic rings. The summed E-state index contributed by atoms with van der Waals surface area (Å²) in [5.41, 5.74) is 1.71. The van der Waals surface area contributed by atoms with Crippen LogP contribution in [-0.4, -0.2) is 47.9 Å². The summed E-state index contributed by atoms with van der Waals surface area (Å²) in [6.45, 7) is 6.66. The first-order valence-corrected chi connectivity index (χ1v) is 9.24. The van der Waals surface area contributed by atoms with E-state index < -0.39 is 6.04 Å². The van der Waals surface area contributed by atoms with E-state index in [1.165, 1.54) is 16.7 Å². The molecule has 140 valence electrons. The van der Waals surface area contributed by atoms with Gasteiger partial charge in [0.1, 0.15) is 6.04 Å². The minimum absolute atomic E-state index is 0.0249. The van der Waals surface area contributed by atoms with Gasteiger partial charge in [-0.25, -0.2) is 4.90 Å². The molecule has 0 spiro atoms. The fourth-order valence-electron chi connectivity index (χ4n) is 3.62. The molecule has 0 radical (unpaired) electrons. The molecular weight excluding hydrogens is 332 g/mol. The molecule has 2 heterocycles. The van der Waals surface area contributed by atoms with Crippen molar-refractivity contribution in [2.75, 3.05) is 18.1 Å². The van der Waals surface area contributed by atoms with Gasteiger partial charge < -0.3 is 9.64 Å². The molecule has 0 aromatic heterocycles. The molecule has 3 amide bonds. The topological polar surface area (TPSA) is 66.9 Å². The molecule has 1 aromatic carbocycles. The van der Waals surface area contributed by atoms with Crippen molar-refractivity contribution in [3.8, 4) is 0 Å². The van der Waals surface area contributed by atoms with Crippen molar-refractivity contribution in [1.82, 2.24) is 4.90 Å². The summed E-state index contributed by atoms with van der Waals surface area (Å²) in [5.74, 6) is -0.429. The van der Waals surface area contributed by atoms with E-state index in [4.69, 9.17) is 4.74 Å². The van der Waals surface area contributed by atoms with Crippen LogP contribution in [0.5, 0.6) is 0 Å². The van der Waals surface area contributed by atoms with Crippen molar-refractivity contribution in [2.45, 2.75) is 58.1 Å². The van der Waals surface area contributed by atoms with Gasteiger partial charge in [-0.05, 0) is 36.5 Å². The second-order valence-corrected chi connectivity index (χ2v) is 7.34. The lowest BCUT2D eigenvalue weighted by molar-refractivity contribution is -0.138. The van der Waals surface area contributed by atoms with Crippen LogP contribution in [0.2, 0.25) is 0 Å². The number of anilines is 1. The summed E-state index contributed by atoms with van der Waals surface area (Å²) in [4.78, 5) is 40.3. The fraction of sp³-hybridized carbons (Fsp3) is 0.550. The molecule has 2 aliphatic heterocycles. The van der Waals surface area contributed by atoms with Crippen molar-refractivity contribution >= 4 is 23.4 Å². The molecule has 0 N–H and O–H groups in total. The van der Waals surface area contributed by atoms with E-state index in [0.717, 1.165) is 18.4 Å². The predicted octanol–water partition coefficient (Wildman–Crippen LogP) is 2.47. The van der Waals surface area contributed by atoms with E-state index in [-0.39, 0.29) is 30.2 Å². The fourth-order valence-corrected chi connectivity index (χ4v) is 3.62. The highest BCUT2D eigenvalue weighted by Crippen LogP contribution is 2.28. The summed E-state index contributed by atoms with van der Waals surface area (Å²) in [6, 6.07) is 6.72. The highest BCUT2D eigenvalue weighted by Gasteiger charge is 2.44. The third-order valence-electron chi connectivity index (χ3n) is 5.15. The monoisotopic (exact) mass is 358 g/mol. The van der Waals surface area contributed by atoms with E-state index >= 15 is 0 Å². The third-order valence-corrected chi connectivity index (χ3v) is 5.15. The van der Waals surface area contributed by atoms with Crippen LogP contribution in [-0.2, 0) is 19.1 Å². The number of benzene rings is 1. The molecule has 2 atom stereocenters. The largest absolute Gasteiger partial charge is 0.376 e. The van der Waals surface area contributed by atoms with Crippen molar-refractivity contribution in [1.29, 1.82) is 0 Å². The zero-order chi connectivity index (χ0) is 18.8. The molecule has 6 heteroatoms. The third kappa shape index (κ3) is 3.65. The summed E-state index contributed by atoms with van der Waals surface area (Å²) in [5, 5.41) is 0. The standard InChI is InChI=1S/C20H26N2O4/c1-13(2)15-6-8-16(9-7-15)22-19(24)11-18(20(22)25)21(14(3)23)12-17-5-4-10-26-17/h6-9,13,17-18H,4-5,10-12H2,1-3H3. The summed E-state index contributed by atoms with van der Waals surface area (Å²) in [7, 11) is 0. The second kappa shape index (κ2) is 7.58. The van der Waals surface area contributed by atoms with Gasteiger partial charge in [0.05, 0.1) is 18.2 Å². The number of rotatable bonds is 5. The van der Waals surface area contributed by atoms with Gasteiger partial charge in [-0.1, -0.05) is 26.0 Å². The molecule has 0 bridgehead atoms. The van der Waals surface area contributed by atoms with E-state index in [9.17, 15) is 14.4 Å². The van der Waals surface area contributed by atoms with Crippen LogP contribution in [0.25, 0.3) is 0 Å². The van der Waals surface area contributed by atoms with Crippen molar-refractivity contribution in [3.05, 3.63) is 29.8 Å². The van der Waals surface area contributed by atoms with Crippen LogP contribution in [0.3, 0.4) is 0 Å². The van der Waals surface area contributed by atoms with Gasteiger partial charge in [0.2, 0.25) is 11.8 Å². The molecule has 26 heavy (non-hydrogen) atoms. The number of imide groups is 1. The molecule has 0 aliphatic carbocycles. The number of hydrogen-bond acceptors (Lipinski definition) is 4. The number of ether oxygens (including phenoxy) is 1. The minimum Gasteiger partial charge on any atom is -0.376 e. The van der Waals surface area contributed by atoms with Gasteiger partial charge in [0.15, 0.2) is 0 Å². The average molecular weight is 358 g/mol. The van der Waals surface area contributed by atoms with Crippen molar-refractivity contribution in [3.63, 3.8) is 0 Å². The van der Waals surface area contributed by atoms with Gasteiger partial charge in [-0.15, -0.1) is 0 Å². The molecule has 2 saturated heterocycles. The zero-order valence-electron chi connectivity index (χ0n) is 15.6. The molecule has 1 aromatic rings. The first kappa shape index (κ1) is 18.6. The Hall–Kier alpha value is -2.21. The maximum Gasteiger partial charge on any atom is 0.257 e. The quantitative estimate of drug-likeness (QED) is 0.759. The normalized spacial score (nSPS) is 23.2. The van der Waals surface area contributed by atoms with Crippen molar-refractivity contribution in [2.24, 2.45) is 0 Å². The van der Waals surface area contributed by atoms with Crippen LogP contribution >= 0.6 is 0 Å². The predicted molar refractivity (Wildman–Crippen MR) is 97.8 cm³/mol. The number of amides is 3. The first-order valence-electron chi connectivity index (χ1n) is 9.24. The first-order chi connectivity index (χ1) is 12.4. The van der Waals surface area contributed by atoms with Gasteiger partial charge in [0, 0.05) is 20.1 Å². The van der Waals surface area contributed by atoms with Crippen LogP contribution in [0.15, 0.2) is 24.3 Å². The Morgan fingerprint density at radius 1 is 1.27 bits per heavy atom. The highest BCUT2D eigenvalue weighted by atomic mass is 16.5. The smallest absolute Gasteiger partial charge is 0.257 e. The van der Waals surface area contributed by atoms with Crippen LogP contribution in [0.4, 0.5) is 5.69 Å². The van der Waals surface area contributed by atoms with Gasteiger partial charge in [-0.2, -0.15) is 0 Å². The molecule has 2 fully saturated rings. The number of carbonyl (C=O) groups is 3. The van der Waals surface area contributed by atoms with Crippen LogP contribution in [0.1, 0.15) is 51.5 Å². The highest BCUT2D eigenvalue weighted by molar-refractivity contribution is 6.23. The Morgan fingerprint density at radius 2 is 1.96 bits per heavy atom. The van der Waals surface area contributed by atoms with E-state index in [1.54, 1.807) is 12.1 Å². The summed E-state index contributed by atoms with van der Waals surface area (Å²) in [6.07, 6.45) is 1.81. The van der Waals surface area contributed by atoms with E-state index in [1.807, 2.05) is 12.1 Å². The summed E-state index contributed by atoms with van der Waals surface area (Å²) >= 11 is 0. The maximum atomic E-state index is 12.9. The van der Waals surface area contributed by atoms with Gasteiger partial charge in [-0.3, -0.25) is 14.4 Å². The van der Waals surface area contributed by atoms with Crippen LogP contribution < -0.4 is 4.90 Å². The van der Waals surface area contributed by atoms with Crippen molar-refractivity contribution < 1.29 is 19.1 Å². The Labute approximate surface area is 154 Å². The molecule has 6 nitrogen and oxygen atoms in total. The minimum atomic E-state index is -0.742. The molecular formula is C20H26N2O4. The Bertz CT molecular complexity index is 692. The Kier molecular flexibility index (Phi) is 5.41. The lowest BCUT2D eigenvalue weighted by Crippen LogP contribution is -2.47. The molecule has 2 unspecified atom stereocenters. The SMILES string of the molecule is CC(=O)N(CC1CCCO1)C1CC(=O)N(c2ccc(C(C)C)cc2)C1=O. The Morgan fingerprint density at radius 3 is 2.50 bits per heavy atom. The lowest BCUT2D eigenvalue weighted by Gasteiger charge is -2.28. The van der Waals surface area contributed by atoms with E-state index in [2.05, 4.69) is 13.8 Å². The lowest BCUT2D eigenvalue weighted by atomic mass is 10.0. The number of hydrogen-bond donors (Lipinski definition) is 0. The summed E-state index contributed by atoms with van der Waals surface area (Å²) < 4.78 is 5.60. The zero-order valence-corrected chi connectivity index (χ0v) is 15.6. The Balaban J connectivity index is 1.79.